The van der Waals surface area contributed by atoms with Crippen LogP contribution in [0.5, 0.6) is 0 Å². The van der Waals surface area contributed by atoms with Crippen molar-refractivity contribution in [3.05, 3.63) is 58.1 Å². The van der Waals surface area contributed by atoms with Crippen molar-refractivity contribution >= 4 is 34.8 Å². The third kappa shape index (κ3) is 2.97. The monoisotopic (exact) mass is 284 g/mol. The second kappa shape index (κ2) is 5.33. The molecule has 1 aromatic carbocycles. The minimum atomic E-state index is -0.540. The van der Waals surface area contributed by atoms with E-state index in [0.717, 1.165) is 0 Å². The Morgan fingerprint density at radius 2 is 2.00 bits per heavy atom. The standard InChI is InChI=1S/C12H7Cl2FN2O/c13-9-6-8(1-2-10(9)15)17-12(18)7-3-4-16-11(14)5-7/h1-6H,(H,17,18). The molecule has 0 aliphatic heterocycles. The number of hydrogen-bond acceptors (Lipinski definition) is 2. The van der Waals surface area contributed by atoms with Gasteiger partial charge in [-0.1, -0.05) is 23.2 Å². The molecular formula is C12H7Cl2FN2O. The van der Waals surface area contributed by atoms with Crippen LogP contribution in [0.2, 0.25) is 10.2 Å². The van der Waals surface area contributed by atoms with Crippen LogP contribution in [0.3, 0.4) is 0 Å². The number of carbonyl (C=O) groups is 1. The first-order valence-corrected chi connectivity index (χ1v) is 5.70. The highest BCUT2D eigenvalue weighted by Gasteiger charge is 2.08. The summed E-state index contributed by atoms with van der Waals surface area (Å²) in [5.74, 6) is -0.913. The van der Waals surface area contributed by atoms with E-state index in [1.165, 1.54) is 36.5 Å². The molecule has 0 atom stereocenters. The van der Waals surface area contributed by atoms with Crippen LogP contribution in [0.25, 0.3) is 0 Å². The fourth-order valence-electron chi connectivity index (χ4n) is 1.32. The van der Waals surface area contributed by atoms with Crippen LogP contribution < -0.4 is 5.32 Å². The Labute approximate surface area is 113 Å². The molecule has 0 saturated carbocycles. The molecule has 3 nitrogen and oxygen atoms in total. The van der Waals surface area contributed by atoms with Gasteiger partial charge in [-0.25, -0.2) is 9.37 Å². The second-order valence-corrected chi connectivity index (χ2v) is 4.24. The molecule has 2 aromatic rings. The van der Waals surface area contributed by atoms with Crippen molar-refractivity contribution in [1.82, 2.24) is 4.98 Å². The SMILES string of the molecule is O=C(Nc1ccc(F)c(Cl)c1)c1ccnc(Cl)c1. The van der Waals surface area contributed by atoms with Crippen LogP contribution in [0.1, 0.15) is 10.4 Å². The lowest BCUT2D eigenvalue weighted by atomic mass is 10.2. The fourth-order valence-corrected chi connectivity index (χ4v) is 1.68. The molecule has 6 heteroatoms. The molecule has 92 valence electrons. The Morgan fingerprint density at radius 1 is 1.22 bits per heavy atom. The number of anilines is 1. The van der Waals surface area contributed by atoms with Crippen molar-refractivity contribution in [2.45, 2.75) is 0 Å². The Kier molecular flexibility index (Phi) is 3.79. The van der Waals surface area contributed by atoms with E-state index in [9.17, 15) is 9.18 Å². The summed E-state index contributed by atoms with van der Waals surface area (Å²) in [6, 6.07) is 6.88. The number of carbonyl (C=O) groups excluding carboxylic acids is 1. The molecule has 0 fully saturated rings. The first-order valence-electron chi connectivity index (χ1n) is 4.94. The van der Waals surface area contributed by atoms with Gasteiger partial charge < -0.3 is 5.32 Å². The van der Waals surface area contributed by atoms with E-state index in [-0.39, 0.29) is 16.1 Å². The number of aromatic nitrogens is 1. The second-order valence-electron chi connectivity index (χ2n) is 3.45. The maximum absolute atomic E-state index is 12.9. The van der Waals surface area contributed by atoms with Crippen molar-refractivity contribution < 1.29 is 9.18 Å². The third-order valence-corrected chi connectivity index (χ3v) is 2.66. The zero-order valence-corrected chi connectivity index (χ0v) is 10.5. The lowest BCUT2D eigenvalue weighted by molar-refractivity contribution is 0.102. The largest absolute Gasteiger partial charge is 0.322 e. The Balaban J connectivity index is 2.18. The van der Waals surface area contributed by atoms with E-state index in [1.807, 2.05) is 0 Å². The van der Waals surface area contributed by atoms with Gasteiger partial charge in [0.15, 0.2) is 0 Å². The quantitative estimate of drug-likeness (QED) is 0.853. The van der Waals surface area contributed by atoms with Crippen LogP contribution in [0.15, 0.2) is 36.5 Å². The number of pyridine rings is 1. The van der Waals surface area contributed by atoms with Gasteiger partial charge in [0.2, 0.25) is 0 Å². The highest BCUT2D eigenvalue weighted by atomic mass is 35.5. The highest BCUT2D eigenvalue weighted by Crippen LogP contribution is 2.20. The number of rotatable bonds is 2. The van der Waals surface area contributed by atoms with Crippen molar-refractivity contribution in [3.8, 4) is 0 Å². The summed E-state index contributed by atoms with van der Waals surface area (Å²) in [6.45, 7) is 0. The van der Waals surface area contributed by atoms with Gasteiger partial charge in [0, 0.05) is 17.4 Å². The topological polar surface area (TPSA) is 42.0 Å². The molecule has 2 rings (SSSR count). The molecule has 1 amide bonds. The maximum Gasteiger partial charge on any atom is 0.255 e. The summed E-state index contributed by atoms with van der Waals surface area (Å²) < 4.78 is 12.9. The number of nitrogens with one attached hydrogen (secondary N) is 1. The third-order valence-electron chi connectivity index (χ3n) is 2.17. The lowest BCUT2D eigenvalue weighted by Gasteiger charge is -2.06. The first-order chi connectivity index (χ1) is 8.56. The van der Waals surface area contributed by atoms with E-state index >= 15 is 0 Å². The zero-order chi connectivity index (χ0) is 13.1. The van der Waals surface area contributed by atoms with Crippen molar-refractivity contribution in [1.29, 1.82) is 0 Å². The van der Waals surface area contributed by atoms with Crippen molar-refractivity contribution in [2.75, 3.05) is 5.32 Å². The summed E-state index contributed by atoms with van der Waals surface area (Å²) in [5.41, 5.74) is 0.759. The van der Waals surface area contributed by atoms with Crippen LogP contribution in [-0.2, 0) is 0 Å². The number of amides is 1. The summed E-state index contributed by atoms with van der Waals surface area (Å²) in [7, 11) is 0. The van der Waals surface area contributed by atoms with E-state index in [4.69, 9.17) is 23.2 Å². The molecule has 0 aliphatic carbocycles. The number of nitrogens with zero attached hydrogens (tertiary/aromatic N) is 1. The van der Waals surface area contributed by atoms with Gasteiger partial charge in [-0.2, -0.15) is 0 Å². The summed E-state index contributed by atoms with van der Waals surface area (Å²) in [5, 5.41) is 2.74. The average Bonchev–Trinajstić information content (AvgIpc) is 2.34. The van der Waals surface area contributed by atoms with Gasteiger partial charge in [0.1, 0.15) is 11.0 Å². The Bertz CT molecular complexity index is 604. The minimum Gasteiger partial charge on any atom is -0.322 e. The lowest BCUT2D eigenvalue weighted by Crippen LogP contribution is -2.12. The van der Waals surface area contributed by atoms with Gasteiger partial charge in [-0.05, 0) is 30.3 Å². The molecular weight excluding hydrogens is 278 g/mol. The molecule has 1 aromatic heterocycles. The smallest absolute Gasteiger partial charge is 0.255 e. The average molecular weight is 285 g/mol. The van der Waals surface area contributed by atoms with E-state index in [0.29, 0.717) is 11.3 Å². The molecule has 1 N–H and O–H groups in total. The van der Waals surface area contributed by atoms with E-state index < -0.39 is 5.82 Å². The summed E-state index contributed by atoms with van der Waals surface area (Å²) in [6.07, 6.45) is 1.43. The fraction of sp³-hybridized carbons (Fsp3) is 0. The molecule has 18 heavy (non-hydrogen) atoms. The van der Waals surface area contributed by atoms with Gasteiger partial charge in [0.25, 0.3) is 5.91 Å². The van der Waals surface area contributed by atoms with Crippen molar-refractivity contribution in [3.63, 3.8) is 0 Å². The van der Waals surface area contributed by atoms with E-state index in [1.54, 1.807) is 0 Å². The molecule has 0 spiro atoms. The predicted molar refractivity (Wildman–Crippen MR) is 68.6 cm³/mol. The number of hydrogen-bond donors (Lipinski definition) is 1. The number of benzene rings is 1. The molecule has 0 unspecified atom stereocenters. The molecule has 1 heterocycles. The minimum absolute atomic E-state index is 0.0550. The summed E-state index contributed by atoms with van der Waals surface area (Å²) >= 11 is 11.3. The highest BCUT2D eigenvalue weighted by molar-refractivity contribution is 6.31. The van der Waals surface area contributed by atoms with Gasteiger partial charge in [-0.3, -0.25) is 4.79 Å². The normalized spacial score (nSPS) is 10.2. The first kappa shape index (κ1) is 12.8. The Morgan fingerprint density at radius 3 is 2.67 bits per heavy atom. The molecule has 0 radical (unpaired) electrons. The van der Waals surface area contributed by atoms with Crippen molar-refractivity contribution in [2.24, 2.45) is 0 Å². The van der Waals surface area contributed by atoms with Crippen LogP contribution in [-0.4, -0.2) is 10.9 Å². The van der Waals surface area contributed by atoms with Crippen LogP contribution >= 0.6 is 23.2 Å². The van der Waals surface area contributed by atoms with Gasteiger partial charge in [-0.15, -0.1) is 0 Å². The van der Waals surface area contributed by atoms with Gasteiger partial charge in [0.05, 0.1) is 5.02 Å². The van der Waals surface area contributed by atoms with E-state index in [2.05, 4.69) is 10.3 Å². The zero-order valence-electron chi connectivity index (χ0n) is 8.95. The molecule has 0 aliphatic rings. The van der Waals surface area contributed by atoms with Crippen LogP contribution in [0, 0.1) is 5.82 Å². The molecule has 0 saturated heterocycles. The molecule has 0 bridgehead atoms. The predicted octanol–water partition coefficient (Wildman–Crippen LogP) is 3.78. The Hall–Kier alpha value is -1.65. The van der Waals surface area contributed by atoms with Gasteiger partial charge >= 0.3 is 0 Å². The van der Waals surface area contributed by atoms with Crippen LogP contribution in [0.4, 0.5) is 10.1 Å². The maximum atomic E-state index is 12.9. The summed E-state index contributed by atoms with van der Waals surface area (Å²) in [4.78, 5) is 15.6. The number of halogens is 3.